The number of ether oxygens (including phenoxy) is 1. The van der Waals surface area contributed by atoms with E-state index in [2.05, 4.69) is 10.4 Å². The molecule has 7 heteroatoms. The van der Waals surface area contributed by atoms with Gasteiger partial charge in [-0.15, -0.1) is 0 Å². The molecule has 6 nitrogen and oxygen atoms in total. The third kappa shape index (κ3) is 5.33. The molecule has 1 amide bonds. The summed E-state index contributed by atoms with van der Waals surface area (Å²) < 4.78 is 6.95. The molecule has 2 aromatic carbocycles. The summed E-state index contributed by atoms with van der Waals surface area (Å²) in [5.41, 5.74) is 5.42. The van der Waals surface area contributed by atoms with Crippen LogP contribution in [0.25, 0.3) is 0 Å². The van der Waals surface area contributed by atoms with Crippen LogP contribution in [-0.4, -0.2) is 27.8 Å². The molecule has 0 radical (unpaired) electrons. The van der Waals surface area contributed by atoms with Gasteiger partial charge in [-0.2, -0.15) is 5.10 Å². The zero-order valence-electron chi connectivity index (χ0n) is 18.3. The van der Waals surface area contributed by atoms with Crippen molar-refractivity contribution in [2.75, 3.05) is 5.32 Å². The van der Waals surface area contributed by atoms with Crippen LogP contribution in [0.15, 0.2) is 42.5 Å². The minimum Gasteiger partial charge on any atom is -0.449 e. The SMILES string of the molecule is Cc1ccc(Cn2nc(C)c(C(=O)OC(C)C(=O)Nc3cc(C)ccc3C)c2Cl)cc1. The fourth-order valence-electron chi connectivity index (χ4n) is 3.13. The first kappa shape index (κ1) is 22.6. The van der Waals surface area contributed by atoms with Crippen molar-refractivity contribution >= 4 is 29.2 Å². The number of carbonyl (C=O) groups excluding carboxylic acids is 2. The number of halogens is 1. The quantitative estimate of drug-likeness (QED) is 0.548. The van der Waals surface area contributed by atoms with Gasteiger partial charge in [-0.1, -0.05) is 53.6 Å². The van der Waals surface area contributed by atoms with Gasteiger partial charge in [0.1, 0.15) is 10.7 Å². The largest absolute Gasteiger partial charge is 0.449 e. The van der Waals surface area contributed by atoms with Crippen molar-refractivity contribution in [1.29, 1.82) is 0 Å². The van der Waals surface area contributed by atoms with Gasteiger partial charge in [0.25, 0.3) is 5.91 Å². The lowest BCUT2D eigenvalue weighted by molar-refractivity contribution is -0.123. The van der Waals surface area contributed by atoms with Crippen LogP contribution in [0.3, 0.4) is 0 Å². The van der Waals surface area contributed by atoms with Crippen molar-refractivity contribution < 1.29 is 14.3 Å². The van der Waals surface area contributed by atoms with Crippen molar-refractivity contribution in [2.45, 2.75) is 47.3 Å². The maximum atomic E-state index is 12.7. The lowest BCUT2D eigenvalue weighted by atomic mass is 10.1. The molecule has 0 aliphatic carbocycles. The molecule has 0 aliphatic rings. The number of hydrogen-bond donors (Lipinski definition) is 1. The van der Waals surface area contributed by atoms with Crippen molar-refractivity contribution in [3.05, 3.63) is 81.1 Å². The highest BCUT2D eigenvalue weighted by molar-refractivity contribution is 6.32. The maximum absolute atomic E-state index is 12.7. The van der Waals surface area contributed by atoms with Crippen molar-refractivity contribution in [3.8, 4) is 0 Å². The van der Waals surface area contributed by atoms with Gasteiger partial charge >= 0.3 is 5.97 Å². The van der Waals surface area contributed by atoms with Crippen molar-refractivity contribution in [2.24, 2.45) is 0 Å². The summed E-state index contributed by atoms with van der Waals surface area (Å²) in [5.74, 6) is -1.09. The molecule has 3 rings (SSSR count). The van der Waals surface area contributed by atoms with Crippen LogP contribution in [0.1, 0.15) is 45.2 Å². The first-order valence-electron chi connectivity index (χ1n) is 10.0. The van der Waals surface area contributed by atoms with Gasteiger partial charge < -0.3 is 10.1 Å². The number of aryl methyl sites for hydroxylation is 4. The molecule has 0 aliphatic heterocycles. The first-order chi connectivity index (χ1) is 14.7. The number of nitrogens with zero attached hydrogens (tertiary/aromatic N) is 2. The summed E-state index contributed by atoms with van der Waals surface area (Å²) in [7, 11) is 0. The van der Waals surface area contributed by atoms with E-state index >= 15 is 0 Å². The maximum Gasteiger partial charge on any atom is 0.343 e. The Hall–Kier alpha value is -3.12. The van der Waals surface area contributed by atoms with E-state index < -0.39 is 18.0 Å². The predicted molar refractivity (Wildman–Crippen MR) is 122 cm³/mol. The Bertz CT molecular complexity index is 1120. The van der Waals surface area contributed by atoms with Crippen LogP contribution >= 0.6 is 11.6 Å². The Labute approximate surface area is 187 Å². The average molecular weight is 440 g/mol. The predicted octanol–water partition coefficient (Wildman–Crippen LogP) is 5.00. The number of anilines is 1. The lowest BCUT2D eigenvalue weighted by Gasteiger charge is -2.15. The lowest BCUT2D eigenvalue weighted by Crippen LogP contribution is -2.30. The molecule has 1 atom stereocenters. The van der Waals surface area contributed by atoms with E-state index in [-0.39, 0.29) is 10.7 Å². The minimum atomic E-state index is -0.997. The molecule has 0 fully saturated rings. The number of esters is 1. The average Bonchev–Trinajstić information content (AvgIpc) is 2.99. The van der Waals surface area contributed by atoms with Crippen molar-refractivity contribution in [1.82, 2.24) is 9.78 Å². The molecule has 1 N–H and O–H groups in total. The Morgan fingerprint density at radius 3 is 2.39 bits per heavy atom. The minimum absolute atomic E-state index is 0.167. The number of rotatable bonds is 6. The van der Waals surface area contributed by atoms with E-state index in [1.807, 2.05) is 63.2 Å². The second-order valence-corrected chi connectivity index (χ2v) is 8.11. The normalized spacial score (nSPS) is 11.8. The molecular formula is C24H26ClN3O3. The summed E-state index contributed by atoms with van der Waals surface area (Å²) in [5, 5.41) is 7.37. The summed E-state index contributed by atoms with van der Waals surface area (Å²) in [6.45, 7) is 9.50. The zero-order chi connectivity index (χ0) is 22.7. The topological polar surface area (TPSA) is 73.2 Å². The smallest absolute Gasteiger partial charge is 0.343 e. The summed E-state index contributed by atoms with van der Waals surface area (Å²) >= 11 is 6.44. The van der Waals surface area contributed by atoms with Crippen LogP contribution in [0, 0.1) is 27.7 Å². The van der Waals surface area contributed by atoms with E-state index in [4.69, 9.17) is 16.3 Å². The van der Waals surface area contributed by atoms with E-state index in [9.17, 15) is 9.59 Å². The fraction of sp³-hybridized carbons (Fsp3) is 0.292. The van der Waals surface area contributed by atoms with Gasteiger partial charge in [-0.05, 0) is 57.4 Å². The fourth-order valence-corrected chi connectivity index (χ4v) is 3.45. The van der Waals surface area contributed by atoms with Gasteiger partial charge in [-0.25, -0.2) is 9.48 Å². The van der Waals surface area contributed by atoms with Crippen LogP contribution in [-0.2, 0) is 16.1 Å². The van der Waals surface area contributed by atoms with E-state index in [0.717, 1.165) is 22.3 Å². The van der Waals surface area contributed by atoms with Gasteiger partial charge in [-0.3, -0.25) is 4.79 Å². The zero-order valence-corrected chi connectivity index (χ0v) is 19.1. The van der Waals surface area contributed by atoms with Crippen LogP contribution in [0.2, 0.25) is 5.15 Å². The Kier molecular flexibility index (Phi) is 6.81. The molecule has 1 aromatic heterocycles. The highest BCUT2D eigenvalue weighted by Crippen LogP contribution is 2.23. The monoisotopic (exact) mass is 439 g/mol. The molecule has 3 aromatic rings. The molecular weight excluding hydrogens is 414 g/mol. The number of aromatic nitrogens is 2. The highest BCUT2D eigenvalue weighted by Gasteiger charge is 2.26. The third-order valence-electron chi connectivity index (χ3n) is 5.03. The van der Waals surface area contributed by atoms with Crippen LogP contribution in [0.4, 0.5) is 5.69 Å². The number of amides is 1. The second-order valence-electron chi connectivity index (χ2n) is 7.75. The molecule has 1 heterocycles. The van der Waals surface area contributed by atoms with E-state index in [1.54, 1.807) is 11.6 Å². The number of benzene rings is 2. The van der Waals surface area contributed by atoms with Gasteiger partial charge in [0.15, 0.2) is 6.10 Å². The molecule has 162 valence electrons. The second kappa shape index (κ2) is 9.35. The summed E-state index contributed by atoms with van der Waals surface area (Å²) in [4.78, 5) is 25.3. The van der Waals surface area contributed by atoms with Crippen LogP contribution in [0.5, 0.6) is 0 Å². The number of carbonyl (C=O) groups is 2. The third-order valence-corrected chi connectivity index (χ3v) is 5.41. The number of nitrogens with one attached hydrogen (secondary N) is 1. The van der Waals surface area contributed by atoms with Gasteiger partial charge in [0.05, 0.1) is 12.2 Å². The van der Waals surface area contributed by atoms with Crippen LogP contribution < -0.4 is 5.32 Å². The highest BCUT2D eigenvalue weighted by atomic mass is 35.5. The first-order valence-corrected chi connectivity index (χ1v) is 10.4. The summed E-state index contributed by atoms with van der Waals surface area (Å²) in [6.07, 6.45) is -0.997. The van der Waals surface area contributed by atoms with Crippen molar-refractivity contribution in [3.63, 3.8) is 0 Å². The number of hydrogen-bond acceptors (Lipinski definition) is 4. The molecule has 1 unspecified atom stereocenters. The Morgan fingerprint density at radius 2 is 1.71 bits per heavy atom. The Morgan fingerprint density at radius 1 is 1.06 bits per heavy atom. The Balaban J connectivity index is 1.70. The van der Waals surface area contributed by atoms with E-state index in [0.29, 0.717) is 17.9 Å². The molecule has 31 heavy (non-hydrogen) atoms. The van der Waals surface area contributed by atoms with Gasteiger partial charge in [0.2, 0.25) is 0 Å². The molecule has 0 bridgehead atoms. The summed E-state index contributed by atoms with van der Waals surface area (Å²) in [6, 6.07) is 13.7. The van der Waals surface area contributed by atoms with Gasteiger partial charge in [0, 0.05) is 5.69 Å². The molecule has 0 saturated carbocycles. The standard InChI is InChI=1S/C24H26ClN3O3/c1-14-7-10-19(11-8-14)13-28-22(25)21(17(4)27-28)24(30)31-18(5)23(29)26-20-12-15(2)6-9-16(20)3/h6-12,18H,13H2,1-5H3,(H,26,29). The van der Waals surface area contributed by atoms with E-state index in [1.165, 1.54) is 6.92 Å². The molecule has 0 spiro atoms. The molecule has 0 saturated heterocycles.